The van der Waals surface area contributed by atoms with E-state index in [1.54, 1.807) is 0 Å². The third-order valence-electron chi connectivity index (χ3n) is 2.47. The first-order chi connectivity index (χ1) is 9.74. The molecule has 0 bridgehead atoms. The highest BCUT2D eigenvalue weighted by Crippen LogP contribution is 2.25. The van der Waals surface area contributed by atoms with Crippen molar-refractivity contribution in [2.75, 3.05) is 4.72 Å². The van der Waals surface area contributed by atoms with Crippen molar-refractivity contribution in [3.8, 4) is 0 Å². The zero-order valence-electron chi connectivity index (χ0n) is 10.0. The first-order valence-electron chi connectivity index (χ1n) is 5.34. The fourth-order valence-electron chi connectivity index (χ4n) is 1.54. The summed E-state index contributed by atoms with van der Waals surface area (Å²) in [6.45, 7) is 0. The van der Waals surface area contributed by atoms with E-state index in [1.807, 2.05) is 0 Å². The summed E-state index contributed by atoms with van der Waals surface area (Å²) in [5, 5.41) is 0. The van der Waals surface area contributed by atoms with Gasteiger partial charge in [-0.1, -0.05) is 6.07 Å². The molecule has 0 saturated heterocycles. The Morgan fingerprint density at radius 2 is 1.33 bits per heavy atom. The van der Waals surface area contributed by atoms with Crippen molar-refractivity contribution in [1.29, 1.82) is 0 Å². The molecule has 0 saturated carbocycles. The first kappa shape index (κ1) is 15.2. The Morgan fingerprint density at radius 1 is 0.762 bits per heavy atom. The van der Waals surface area contributed by atoms with Gasteiger partial charge in [0.2, 0.25) is 0 Å². The van der Waals surface area contributed by atoms with E-state index in [2.05, 4.69) is 0 Å². The lowest BCUT2D eigenvalue weighted by Gasteiger charge is -2.10. The maximum atomic E-state index is 13.4. The Balaban J connectivity index is 2.51. The van der Waals surface area contributed by atoms with E-state index in [1.165, 1.54) is 4.72 Å². The summed E-state index contributed by atoms with van der Waals surface area (Å²) < 4.78 is 91.0. The van der Waals surface area contributed by atoms with Gasteiger partial charge >= 0.3 is 0 Å². The van der Waals surface area contributed by atoms with Crippen LogP contribution in [0.3, 0.4) is 0 Å². The van der Waals surface area contributed by atoms with Crippen LogP contribution in [0, 0.1) is 29.1 Å². The topological polar surface area (TPSA) is 46.2 Å². The fourth-order valence-corrected chi connectivity index (χ4v) is 2.74. The third-order valence-corrected chi connectivity index (χ3v) is 3.88. The lowest BCUT2D eigenvalue weighted by atomic mass is 10.3. The second-order valence-electron chi connectivity index (χ2n) is 3.88. The number of benzene rings is 2. The maximum absolute atomic E-state index is 13.4. The summed E-state index contributed by atoms with van der Waals surface area (Å²) in [7, 11) is -4.86. The van der Waals surface area contributed by atoms with Gasteiger partial charge < -0.3 is 0 Å². The van der Waals surface area contributed by atoms with Gasteiger partial charge in [0.1, 0.15) is 11.6 Å². The van der Waals surface area contributed by atoms with Gasteiger partial charge in [-0.05, 0) is 24.3 Å². The Bertz CT molecular complexity index is 787. The van der Waals surface area contributed by atoms with Crippen molar-refractivity contribution in [2.45, 2.75) is 4.90 Å². The van der Waals surface area contributed by atoms with Crippen LogP contribution in [0.1, 0.15) is 0 Å². The Labute approximate surface area is 116 Å². The number of hydrogen-bond donors (Lipinski definition) is 1. The van der Waals surface area contributed by atoms with Crippen LogP contribution in [-0.2, 0) is 10.0 Å². The molecule has 0 amide bonds. The monoisotopic (exact) mass is 323 g/mol. The Morgan fingerprint density at radius 3 is 1.90 bits per heavy atom. The van der Waals surface area contributed by atoms with Crippen LogP contribution < -0.4 is 4.72 Å². The van der Waals surface area contributed by atoms with Crippen molar-refractivity contribution >= 4 is 15.7 Å². The SMILES string of the molecule is O=S(=O)(Nc1ccc(F)c(F)c1F)c1c(F)cccc1F. The van der Waals surface area contributed by atoms with Crippen LogP contribution >= 0.6 is 0 Å². The molecule has 112 valence electrons. The number of anilines is 1. The minimum Gasteiger partial charge on any atom is -0.276 e. The van der Waals surface area contributed by atoms with E-state index >= 15 is 0 Å². The van der Waals surface area contributed by atoms with Crippen LogP contribution in [0.25, 0.3) is 0 Å². The van der Waals surface area contributed by atoms with Crippen LogP contribution in [0.4, 0.5) is 27.6 Å². The molecule has 2 aromatic carbocycles. The number of nitrogens with one attached hydrogen (secondary N) is 1. The smallest absolute Gasteiger partial charge is 0.267 e. The number of hydrogen-bond acceptors (Lipinski definition) is 2. The summed E-state index contributed by atoms with van der Waals surface area (Å²) in [5.41, 5.74) is -0.975. The van der Waals surface area contributed by atoms with Crippen LogP contribution in [0.15, 0.2) is 35.2 Å². The van der Waals surface area contributed by atoms with E-state index in [0.29, 0.717) is 24.3 Å². The molecule has 21 heavy (non-hydrogen) atoms. The second kappa shape index (κ2) is 5.32. The van der Waals surface area contributed by atoms with Crippen LogP contribution in [0.5, 0.6) is 0 Å². The van der Waals surface area contributed by atoms with E-state index in [4.69, 9.17) is 0 Å². The van der Waals surface area contributed by atoms with Gasteiger partial charge in [-0.3, -0.25) is 4.72 Å². The molecule has 0 spiro atoms. The lowest BCUT2D eigenvalue weighted by molar-refractivity contribution is 0.449. The molecule has 0 radical (unpaired) electrons. The van der Waals surface area contributed by atoms with Crippen LogP contribution in [0.2, 0.25) is 0 Å². The van der Waals surface area contributed by atoms with E-state index in [-0.39, 0.29) is 0 Å². The molecule has 2 rings (SSSR count). The highest BCUT2D eigenvalue weighted by Gasteiger charge is 2.26. The molecular weight excluding hydrogens is 317 g/mol. The Hall–Kier alpha value is -2.16. The largest absolute Gasteiger partial charge is 0.276 e. The van der Waals surface area contributed by atoms with E-state index in [0.717, 1.165) is 6.07 Å². The molecule has 0 aliphatic carbocycles. The van der Waals surface area contributed by atoms with Gasteiger partial charge in [-0.2, -0.15) is 0 Å². The maximum Gasteiger partial charge on any atom is 0.267 e. The minimum absolute atomic E-state index is 0.466. The molecule has 0 aromatic heterocycles. The summed E-state index contributed by atoms with van der Waals surface area (Å²) in [6, 6.07) is 3.35. The molecule has 0 aliphatic rings. The molecule has 0 fully saturated rings. The average molecular weight is 323 g/mol. The van der Waals surface area contributed by atoms with Gasteiger partial charge in [0.15, 0.2) is 22.3 Å². The predicted octanol–water partition coefficient (Wildman–Crippen LogP) is 3.18. The summed E-state index contributed by atoms with van der Waals surface area (Å²) in [5.74, 6) is -8.09. The number of rotatable bonds is 3. The van der Waals surface area contributed by atoms with Crippen molar-refractivity contribution in [1.82, 2.24) is 0 Å². The molecule has 9 heteroatoms. The second-order valence-corrected chi connectivity index (χ2v) is 5.50. The molecule has 1 N–H and O–H groups in total. The highest BCUT2D eigenvalue weighted by atomic mass is 32.2. The highest BCUT2D eigenvalue weighted by molar-refractivity contribution is 7.92. The Kier molecular flexibility index (Phi) is 3.86. The van der Waals surface area contributed by atoms with Crippen molar-refractivity contribution < 1.29 is 30.4 Å². The van der Waals surface area contributed by atoms with E-state index < -0.39 is 49.7 Å². The fraction of sp³-hybridized carbons (Fsp3) is 0. The lowest BCUT2D eigenvalue weighted by Crippen LogP contribution is -2.17. The molecule has 0 atom stereocenters. The molecule has 2 aromatic rings. The van der Waals surface area contributed by atoms with Crippen LogP contribution in [-0.4, -0.2) is 8.42 Å². The standard InChI is InChI=1S/C12H6F5NO2S/c13-6-4-5-9(11(17)10(6)16)18-21(19,20)12-7(14)2-1-3-8(12)15/h1-5,18H. The molecule has 3 nitrogen and oxygen atoms in total. The van der Waals surface area contributed by atoms with E-state index in [9.17, 15) is 30.4 Å². The summed E-state index contributed by atoms with van der Waals surface area (Å²) in [4.78, 5) is -1.35. The molecule has 0 aliphatic heterocycles. The normalized spacial score (nSPS) is 11.5. The van der Waals surface area contributed by atoms with Gasteiger partial charge in [-0.15, -0.1) is 0 Å². The summed E-state index contributed by atoms with van der Waals surface area (Å²) >= 11 is 0. The van der Waals surface area contributed by atoms with Crippen molar-refractivity contribution in [2.24, 2.45) is 0 Å². The zero-order valence-corrected chi connectivity index (χ0v) is 10.8. The average Bonchev–Trinajstić information content (AvgIpc) is 2.39. The molecular formula is C12H6F5NO2S. The van der Waals surface area contributed by atoms with Gasteiger partial charge in [0.25, 0.3) is 10.0 Å². The molecule has 0 heterocycles. The minimum atomic E-state index is -4.86. The predicted molar refractivity (Wildman–Crippen MR) is 63.5 cm³/mol. The number of sulfonamides is 1. The first-order valence-corrected chi connectivity index (χ1v) is 6.82. The van der Waals surface area contributed by atoms with Gasteiger partial charge in [-0.25, -0.2) is 30.4 Å². The van der Waals surface area contributed by atoms with Crippen molar-refractivity contribution in [3.63, 3.8) is 0 Å². The number of halogens is 5. The zero-order chi connectivity index (χ0) is 15.8. The van der Waals surface area contributed by atoms with Gasteiger partial charge in [0, 0.05) is 0 Å². The third kappa shape index (κ3) is 2.82. The van der Waals surface area contributed by atoms with Gasteiger partial charge in [0.05, 0.1) is 5.69 Å². The quantitative estimate of drug-likeness (QED) is 0.696. The van der Waals surface area contributed by atoms with Crippen molar-refractivity contribution in [3.05, 3.63) is 59.4 Å². The molecule has 0 unspecified atom stereocenters. The summed E-state index contributed by atoms with van der Waals surface area (Å²) in [6.07, 6.45) is 0.